The van der Waals surface area contributed by atoms with Gasteiger partial charge in [0.05, 0.1) is 6.04 Å². The number of para-hydroxylation sites is 1. The Kier molecular flexibility index (Phi) is 6.25. The predicted octanol–water partition coefficient (Wildman–Crippen LogP) is 4.86. The highest BCUT2D eigenvalue weighted by molar-refractivity contribution is 6.30. The first-order valence-corrected chi connectivity index (χ1v) is 11.4. The second kappa shape index (κ2) is 9.64. The van der Waals surface area contributed by atoms with E-state index in [1.165, 1.54) is 0 Å². The highest BCUT2D eigenvalue weighted by atomic mass is 35.5. The smallest absolute Gasteiger partial charge is 0.341 e. The molecule has 1 aromatic heterocycles. The van der Waals surface area contributed by atoms with E-state index in [1.54, 1.807) is 35.4 Å². The van der Waals surface area contributed by atoms with Crippen LogP contribution in [0, 0.1) is 0 Å². The monoisotopic (exact) mass is 488 g/mol. The zero-order valence-corrected chi connectivity index (χ0v) is 19.3. The number of aromatic nitrogens is 1. The van der Waals surface area contributed by atoms with Crippen molar-refractivity contribution in [1.29, 1.82) is 0 Å². The molecule has 0 bridgehead atoms. The summed E-state index contributed by atoms with van der Waals surface area (Å²) in [6, 6.07) is 21.6. The summed E-state index contributed by atoms with van der Waals surface area (Å²) < 4.78 is 11.5. The second-order valence-corrected chi connectivity index (χ2v) is 8.54. The van der Waals surface area contributed by atoms with Gasteiger partial charge in [-0.1, -0.05) is 54.1 Å². The van der Waals surface area contributed by atoms with Gasteiger partial charge in [-0.3, -0.25) is 9.78 Å². The number of hydrogen-bond donors (Lipinski definition) is 1. The van der Waals surface area contributed by atoms with Crippen LogP contribution in [0.4, 0.5) is 0 Å². The van der Waals surface area contributed by atoms with E-state index in [9.17, 15) is 9.59 Å². The van der Waals surface area contributed by atoms with Crippen molar-refractivity contribution in [1.82, 2.24) is 9.88 Å². The van der Waals surface area contributed by atoms with Gasteiger partial charge < -0.3 is 19.5 Å². The van der Waals surface area contributed by atoms with E-state index in [4.69, 9.17) is 26.2 Å². The molecule has 3 aromatic carbocycles. The number of fused-ring (bicyclic) bond motifs is 2. The lowest BCUT2D eigenvalue weighted by atomic mass is 9.97. The van der Waals surface area contributed by atoms with E-state index in [0.29, 0.717) is 34.1 Å². The SMILES string of the molecule is O=C(O)COc1ccc(Cl)cc1C1c2ccccc2CN1C(=O)COc1cccc2cccnc12. The first-order valence-electron chi connectivity index (χ1n) is 11.0. The van der Waals surface area contributed by atoms with Gasteiger partial charge in [-0.25, -0.2) is 4.79 Å². The molecule has 1 aliphatic heterocycles. The van der Waals surface area contributed by atoms with Gasteiger partial charge in [0.15, 0.2) is 13.2 Å². The number of carboxylic acid groups (broad SMARTS) is 1. The van der Waals surface area contributed by atoms with Crippen LogP contribution in [0.1, 0.15) is 22.7 Å². The zero-order valence-electron chi connectivity index (χ0n) is 18.6. The van der Waals surface area contributed by atoms with Crippen LogP contribution in [-0.4, -0.2) is 40.1 Å². The zero-order chi connectivity index (χ0) is 24.4. The molecule has 35 heavy (non-hydrogen) atoms. The maximum absolute atomic E-state index is 13.5. The Morgan fingerprint density at radius 1 is 0.943 bits per heavy atom. The van der Waals surface area contributed by atoms with Crippen molar-refractivity contribution in [2.45, 2.75) is 12.6 Å². The number of aliphatic carboxylic acids is 1. The Bertz CT molecular complexity index is 1420. The Labute approximate surface area is 206 Å². The highest BCUT2D eigenvalue weighted by Crippen LogP contribution is 2.43. The topological polar surface area (TPSA) is 89.0 Å². The summed E-state index contributed by atoms with van der Waals surface area (Å²) in [5, 5.41) is 10.5. The number of ether oxygens (including phenoxy) is 2. The summed E-state index contributed by atoms with van der Waals surface area (Å²) in [5.74, 6) is -0.445. The van der Waals surface area contributed by atoms with Crippen molar-refractivity contribution in [3.63, 3.8) is 0 Å². The van der Waals surface area contributed by atoms with E-state index >= 15 is 0 Å². The molecule has 4 aromatic rings. The fourth-order valence-corrected chi connectivity index (χ4v) is 4.55. The molecule has 0 saturated heterocycles. The van der Waals surface area contributed by atoms with Gasteiger partial charge in [0.25, 0.3) is 5.91 Å². The molecule has 0 aliphatic carbocycles. The lowest BCUT2D eigenvalue weighted by Gasteiger charge is -2.27. The van der Waals surface area contributed by atoms with Gasteiger partial charge in [0, 0.05) is 28.7 Å². The number of pyridine rings is 1. The molecule has 1 unspecified atom stereocenters. The van der Waals surface area contributed by atoms with Crippen LogP contribution in [0.15, 0.2) is 79.0 Å². The minimum atomic E-state index is -1.09. The van der Waals surface area contributed by atoms with E-state index in [1.807, 2.05) is 48.5 Å². The Hall–Kier alpha value is -4.10. The summed E-state index contributed by atoms with van der Waals surface area (Å²) in [6.07, 6.45) is 1.68. The fourth-order valence-electron chi connectivity index (χ4n) is 4.37. The van der Waals surface area contributed by atoms with E-state index in [-0.39, 0.29) is 12.5 Å². The van der Waals surface area contributed by atoms with Crippen LogP contribution >= 0.6 is 11.6 Å². The molecule has 1 amide bonds. The molecule has 0 fully saturated rings. The summed E-state index contributed by atoms with van der Waals surface area (Å²) in [4.78, 5) is 30.7. The molecule has 8 heteroatoms. The molecule has 7 nitrogen and oxygen atoms in total. The Balaban J connectivity index is 1.46. The van der Waals surface area contributed by atoms with Crippen LogP contribution < -0.4 is 9.47 Å². The standard InChI is InChI=1S/C27H21ClN2O5/c28-19-10-11-22(35-16-25(32)33)21(13-19)27-20-8-2-1-5-18(20)14-30(27)24(31)15-34-23-9-3-6-17-7-4-12-29-26(17)23/h1-13,27H,14-16H2,(H,32,33). The summed E-state index contributed by atoms with van der Waals surface area (Å²) in [5.41, 5.74) is 3.21. The van der Waals surface area contributed by atoms with Crippen molar-refractivity contribution in [2.75, 3.05) is 13.2 Å². The number of halogens is 1. The molecule has 0 radical (unpaired) electrons. The van der Waals surface area contributed by atoms with Gasteiger partial charge in [-0.05, 0) is 41.5 Å². The minimum Gasteiger partial charge on any atom is -0.482 e. The Morgan fingerprint density at radius 3 is 2.60 bits per heavy atom. The Morgan fingerprint density at radius 2 is 1.74 bits per heavy atom. The molecule has 0 saturated carbocycles. The fraction of sp³-hybridized carbons (Fsp3) is 0.148. The van der Waals surface area contributed by atoms with Crippen LogP contribution in [-0.2, 0) is 16.1 Å². The summed E-state index contributed by atoms with van der Waals surface area (Å²) in [7, 11) is 0. The quantitative estimate of drug-likeness (QED) is 0.399. The maximum Gasteiger partial charge on any atom is 0.341 e. The number of amides is 1. The number of carbonyl (C=O) groups excluding carboxylic acids is 1. The second-order valence-electron chi connectivity index (χ2n) is 8.11. The van der Waals surface area contributed by atoms with Crippen molar-refractivity contribution >= 4 is 34.4 Å². The van der Waals surface area contributed by atoms with Gasteiger partial charge >= 0.3 is 5.97 Å². The lowest BCUT2D eigenvalue weighted by Crippen LogP contribution is -2.34. The van der Waals surface area contributed by atoms with E-state index in [0.717, 1.165) is 16.5 Å². The number of nitrogens with zero attached hydrogens (tertiary/aromatic N) is 2. The third-order valence-corrected chi connectivity index (χ3v) is 6.12. The minimum absolute atomic E-state index is 0.188. The van der Waals surface area contributed by atoms with Crippen LogP contribution in [0.25, 0.3) is 10.9 Å². The molecular formula is C27H21ClN2O5. The van der Waals surface area contributed by atoms with Crippen molar-refractivity contribution in [3.05, 3.63) is 101 Å². The third-order valence-electron chi connectivity index (χ3n) is 5.89. The molecule has 5 rings (SSSR count). The number of rotatable bonds is 7. The van der Waals surface area contributed by atoms with Crippen LogP contribution in [0.3, 0.4) is 0 Å². The van der Waals surface area contributed by atoms with Gasteiger partial charge in [-0.2, -0.15) is 0 Å². The maximum atomic E-state index is 13.5. The van der Waals surface area contributed by atoms with Crippen molar-refractivity contribution < 1.29 is 24.2 Å². The van der Waals surface area contributed by atoms with Gasteiger partial charge in [0.2, 0.25) is 0 Å². The first-order chi connectivity index (χ1) is 17.0. The molecule has 176 valence electrons. The van der Waals surface area contributed by atoms with Gasteiger partial charge in [-0.15, -0.1) is 0 Å². The van der Waals surface area contributed by atoms with E-state index in [2.05, 4.69) is 4.98 Å². The first kappa shape index (κ1) is 22.7. The third kappa shape index (κ3) is 4.63. The molecule has 1 atom stereocenters. The van der Waals surface area contributed by atoms with Crippen molar-refractivity contribution in [2.24, 2.45) is 0 Å². The average Bonchev–Trinajstić information content (AvgIpc) is 3.26. The summed E-state index contributed by atoms with van der Waals surface area (Å²) >= 11 is 6.30. The summed E-state index contributed by atoms with van der Waals surface area (Å²) in [6.45, 7) is -0.318. The lowest BCUT2D eigenvalue weighted by molar-refractivity contribution is -0.139. The normalized spacial score (nSPS) is 14.5. The van der Waals surface area contributed by atoms with Crippen molar-refractivity contribution in [3.8, 4) is 11.5 Å². The average molecular weight is 489 g/mol. The van der Waals surface area contributed by atoms with Gasteiger partial charge in [0.1, 0.15) is 17.0 Å². The van der Waals surface area contributed by atoms with Crippen LogP contribution in [0.5, 0.6) is 11.5 Å². The molecule has 0 spiro atoms. The van der Waals surface area contributed by atoms with E-state index < -0.39 is 18.6 Å². The number of carboxylic acids is 1. The molecule has 1 N–H and O–H groups in total. The molecule has 2 heterocycles. The number of hydrogen-bond acceptors (Lipinski definition) is 5. The number of benzene rings is 3. The molecule has 1 aliphatic rings. The molecular weight excluding hydrogens is 468 g/mol. The predicted molar refractivity (Wildman–Crippen MR) is 131 cm³/mol. The number of carbonyl (C=O) groups is 2. The van der Waals surface area contributed by atoms with Crippen LogP contribution in [0.2, 0.25) is 5.02 Å². The highest BCUT2D eigenvalue weighted by Gasteiger charge is 2.36. The largest absolute Gasteiger partial charge is 0.482 e.